The number of ether oxygens (including phenoxy) is 1. The molecule has 0 saturated heterocycles. The van der Waals surface area contributed by atoms with E-state index in [1.54, 1.807) is 17.1 Å². The predicted octanol–water partition coefficient (Wildman–Crippen LogP) is 2.99. The molecule has 2 aromatic rings. The number of hydrogen-bond acceptors (Lipinski definition) is 2. The first-order valence-electron chi connectivity index (χ1n) is 4.78. The molecule has 0 aliphatic carbocycles. The van der Waals surface area contributed by atoms with E-state index in [9.17, 15) is 13.2 Å². The zero-order valence-electron chi connectivity index (χ0n) is 8.90. The highest BCUT2D eigenvalue weighted by atomic mass is 19.4. The third-order valence-corrected chi connectivity index (χ3v) is 2.09. The summed E-state index contributed by atoms with van der Waals surface area (Å²) < 4.78 is 41.3. The van der Waals surface area contributed by atoms with E-state index < -0.39 is 6.36 Å². The SMILES string of the molecule is Cn1cnc(-c2ccc(OC(F)(F)F)cc2)c1. The van der Waals surface area contributed by atoms with Gasteiger partial charge in [-0.25, -0.2) is 4.98 Å². The van der Waals surface area contributed by atoms with Gasteiger partial charge in [-0.05, 0) is 24.3 Å². The lowest BCUT2D eigenvalue weighted by molar-refractivity contribution is -0.274. The maximum Gasteiger partial charge on any atom is 0.573 e. The Hall–Kier alpha value is -1.98. The fraction of sp³-hybridized carbons (Fsp3) is 0.182. The van der Waals surface area contributed by atoms with E-state index in [0.717, 1.165) is 5.56 Å². The second-order valence-electron chi connectivity index (χ2n) is 3.50. The minimum absolute atomic E-state index is 0.239. The van der Waals surface area contributed by atoms with Crippen molar-refractivity contribution in [2.75, 3.05) is 0 Å². The first kappa shape index (κ1) is 11.5. The summed E-state index contributed by atoms with van der Waals surface area (Å²) >= 11 is 0. The summed E-state index contributed by atoms with van der Waals surface area (Å²) in [5, 5.41) is 0. The van der Waals surface area contributed by atoms with Crippen molar-refractivity contribution in [2.24, 2.45) is 7.05 Å². The van der Waals surface area contributed by atoms with Gasteiger partial charge < -0.3 is 9.30 Å². The van der Waals surface area contributed by atoms with Gasteiger partial charge in [-0.3, -0.25) is 0 Å². The summed E-state index contributed by atoms with van der Waals surface area (Å²) in [5.41, 5.74) is 1.44. The van der Waals surface area contributed by atoms with Gasteiger partial charge in [0, 0.05) is 18.8 Å². The van der Waals surface area contributed by atoms with Crippen LogP contribution in [0.4, 0.5) is 13.2 Å². The molecule has 17 heavy (non-hydrogen) atoms. The Kier molecular flexibility index (Phi) is 2.79. The fourth-order valence-electron chi connectivity index (χ4n) is 1.39. The van der Waals surface area contributed by atoms with E-state index in [4.69, 9.17) is 0 Å². The Labute approximate surface area is 95.5 Å². The van der Waals surface area contributed by atoms with Crippen LogP contribution in [0, 0.1) is 0 Å². The number of imidazole rings is 1. The highest BCUT2D eigenvalue weighted by Crippen LogP contribution is 2.25. The Morgan fingerprint density at radius 1 is 1.18 bits per heavy atom. The van der Waals surface area contributed by atoms with E-state index in [-0.39, 0.29) is 5.75 Å². The van der Waals surface area contributed by atoms with E-state index in [1.165, 1.54) is 24.3 Å². The summed E-state index contributed by atoms with van der Waals surface area (Å²) in [5.74, 6) is -0.239. The van der Waals surface area contributed by atoms with Gasteiger partial charge in [0.05, 0.1) is 12.0 Å². The van der Waals surface area contributed by atoms with Gasteiger partial charge in [-0.15, -0.1) is 13.2 Å². The summed E-state index contributed by atoms with van der Waals surface area (Å²) in [6, 6.07) is 5.59. The molecule has 0 bridgehead atoms. The lowest BCUT2D eigenvalue weighted by Crippen LogP contribution is -2.16. The highest BCUT2D eigenvalue weighted by molar-refractivity contribution is 5.59. The van der Waals surface area contributed by atoms with Gasteiger partial charge in [0.2, 0.25) is 0 Å². The van der Waals surface area contributed by atoms with Crippen LogP contribution in [-0.2, 0) is 7.05 Å². The largest absolute Gasteiger partial charge is 0.573 e. The Morgan fingerprint density at radius 3 is 2.29 bits per heavy atom. The zero-order chi connectivity index (χ0) is 12.5. The van der Waals surface area contributed by atoms with E-state index in [2.05, 4.69) is 9.72 Å². The number of alkyl halides is 3. The van der Waals surface area contributed by atoms with Gasteiger partial charge in [0.25, 0.3) is 0 Å². The lowest BCUT2D eigenvalue weighted by atomic mass is 10.2. The van der Waals surface area contributed by atoms with Crippen molar-refractivity contribution in [3.63, 3.8) is 0 Å². The molecule has 1 aromatic heterocycles. The molecule has 0 radical (unpaired) electrons. The van der Waals surface area contributed by atoms with E-state index >= 15 is 0 Å². The Bertz CT molecular complexity index is 502. The van der Waals surface area contributed by atoms with Crippen molar-refractivity contribution in [1.29, 1.82) is 0 Å². The standard InChI is InChI=1S/C11H9F3N2O/c1-16-6-10(15-7-16)8-2-4-9(5-3-8)17-11(12,13)14/h2-7H,1H3. The summed E-state index contributed by atoms with van der Waals surface area (Å²) in [7, 11) is 1.82. The highest BCUT2D eigenvalue weighted by Gasteiger charge is 2.30. The van der Waals surface area contributed by atoms with Crippen molar-refractivity contribution < 1.29 is 17.9 Å². The first-order valence-corrected chi connectivity index (χ1v) is 4.78. The van der Waals surface area contributed by atoms with Crippen LogP contribution in [0.25, 0.3) is 11.3 Å². The molecule has 90 valence electrons. The molecule has 1 heterocycles. The second-order valence-corrected chi connectivity index (χ2v) is 3.50. The summed E-state index contributed by atoms with van der Waals surface area (Å²) in [6.45, 7) is 0. The van der Waals surface area contributed by atoms with Crippen LogP contribution in [0.15, 0.2) is 36.8 Å². The van der Waals surface area contributed by atoms with Gasteiger partial charge in [0.15, 0.2) is 0 Å². The first-order chi connectivity index (χ1) is 7.94. The summed E-state index contributed by atoms with van der Waals surface area (Å²) in [4.78, 5) is 4.09. The normalized spacial score (nSPS) is 11.5. The smallest absolute Gasteiger partial charge is 0.406 e. The molecule has 0 saturated carbocycles. The number of halogens is 3. The van der Waals surface area contributed by atoms with Crippen molar-refractivity contribution in [2.45, 2.75) is 6.36 Å². The van der Waals surface area contributed by atoms with E-state index in [0.29, 0.717) is 5.69 Å². The number of nitrogens with zero attached hydrogens (tertiary/aromatic N) is 2. The number of hydrogen-bond donors (Lipinski definition) is 0. The minimum atomic E-state index is -4.66. The van der Waals surface area contributed by atoms with E-state index in [1.807, 2.05) is 7.05 Å². The zero-order valence-corrected chi connectivity index (χ0v) is 8.90. The molecule has 0 N–H and O–H groups in total. The monoisotopic (exact) mass is 242 g/mol. The molecule has 6 heteroatoms. The Balaban J connectivity index is 2.19. The lowest BCUT2D eigenvalue weighted by Gasteiger charge is -2.08. The van der Waals surface area contributed by atoms with Crippen molar-refractivity contribution >= 4 is 0 Å². The van der Waals surface area contributed by atoms with Crippen molar-refractivity contribution in [1.82, 2.24) is 9.55 Å². The van der Waals surface area contributed by atoms with Crippen molar-refractivity contribution in [3.8, 4) is 17.0 Å². The molecule has 0 fully saturated rings. The molecular weight excluding hydrogens is 233 g/mol. The third kappa shape index (κ3) is 2.99. The molecule has 3 nitrogen and oxygen atoms in total. The molecular formula is C11H9F3N2O. The van der Waals surface area contributed by atoms with Crippen LogP contribution in [0.5, 0.6) is 5.75 Å². The average molecular weight is 242 g/mol. The molecule has 0 amide bonds. The second kappa shape index (κ2) is 4.12. The number of benzene rings is 1. The van der Waals surface area contributed by atoms with Crippen LogP contribution < -0.4 is 4.74 Å². The van der Waals surface area contributed by atoms with Gasteiger partial charge >= 0.3 is 6.36 Å². The molecule has 2 rings (SSSR count). The van der Waals surface area contributed by atoms with Crippen molar-refractivity contribution in [3.05, 3.63) is 36.8 Å². The van der Waals surface area contributed by atoms with Gasteiger partial charge in [0.1, 0.15) is 5.75 Å². The van der Waals surface area contributed by atoms with Gasteiger partial charge in [-0.2, -0.15) is 0 Å². The van der Waals surface area contributed by atoms with Crippen LogP contribution >= 0.6 is 0 Å². The number of aromatic nitrogens is 2. The van der Waals surface area contributed by atoms with Crippen LogP contribution in [0.1, 0.15) is 0 Å². The predicted molar refractivity (Wildman–Crippen MR) is 55.3 cm³/mol. The molecule has 0 aliphatic heterocycles. The Morgan fingerprint density at radius 2 is 1.82 bits per heavy atom. The molecule has 0 spiro atoms. The van der Waals surface area contributed by atoms with Crippen LogP contribution in [0.3, 0.4) is 0 Å². The van der Waals surface area contributed by atoms with Gasteiger partial charge in [-0.1, -0.05) is 0 Å². The molecule has 0 unspecified atom stereocenters. The van der Waals surface area contributed by atoms with Crippen LogP contribution in [-0.4, -0.2) is 15.9 Å². The minimum Gasteiger partial charge on any atom is -0.406 e. The van der Waals surface area contributed by atoms with Crippen LogP contribution in [0.2, 0.25) is 0 Å². The number of aryl methyl sites for hydroxylation is 1. The summed E-state index contributed by atoms with van der Waals surface area (Å²) in [6.07, 6.45) is -1.26. The third-order valence-electron chi connectivity index (χ3n) is 2.09. The maximum absolute atomic E-state index is 11.9. The topological polar surface area (TPSA) is 27.1 Å². The average Bonchev–Trinajstić information content (AvgIpc) is 2.63. The molecule has 0 atom stereocenters. The molecule has 1 aromatic carbocycles. The quantitative estimate of drug-likeness (QED) is 0.809. The molecule has 0 aliphatic rings. The number of rotatable bonds is 2. The fourth-order valence-corrected chi connectivity index (χ4v) is 1.39. The maximum atomic E-state index is 11.9.